The Morgan fingerprint density at radius 3 is 2.11 bits per heavy atom. The van der Waals surface area contributed by atoms with Crippen molar-refractivity contribution >= 4 is 5.78 Å². The van der Waals surface area contributed by atoms with Crippen LogP contribution in [0.15, 0.2) is 24.3 Å². The summed E-state index contributed by atoms with van der Waals surface area (Å²) in [6.07, 6.45) is 6.40. The maximum Gasteiger partial charge on any atom is 0.142 e. The van der Waals surface area contributed by atoms with Crippen LogP contribution in [0.2, 0.25) is 0 Å². The van der Waals surface area contributed by atoms with E-state index in [0.717, 1.165) is 12.8 Å². The van der Waals surface area contributed by atoms with E-state index in [9.17, 15) is 9.90 Å². The fourth-order valence-electron chi connectivity index (χ4n) is 3.54. The highest BCUT2D eigenvalue weighted by molar-refractivity contribution is 5.83. The van der Waals surface area contributed by atoms with Gasteiger partial charge in [0.1, 0.15) is 5.78 Å². The first-order chi connectivity index (χ1) is 12.5. The molecule has 0 rings (SSSR count). The van der Waals surface area contributed by atoms with Crippen molar-refractivity contribution in [2.75, 3.05) is 7.11 Å². The van der Waals surface area contributed by atoms with Gasteiger partial charge in [-0.15, -0.1) is 6.58 Å². The van der Waals surface area contributed by atoms with Crippen molar-refractivity contribution in [3.05, 3.63) is 24.3 Å². The third kappa shape index (κ3) is 10.3. The Bertz CT molecular complexity index is 464. The van der Waals surface area contributed by atoms with Crippen molar-refractivity contribution in [2.24, 2.45) is 29.6 Å². The number of allylic oxidation sites excluding steroid dienone is 3. The zero-order valence-electron chi connectivity index (χ0n) is 19.0. The zero-order chi connectivity index (χ0) is 21.1. The fourth-order valence-corrected chi connectivity index (χ4v) is 3.54. The van der Waals surface area contributed by atoms with Gasteiger partial charge in [0.25, 0.3) is 0 Å². The molecule has 0 heterocycles. The molecule has 0 aromatic carbocycles. The lowest BCUT2D eigenvalue weighted by Crippen LogP contribution is -2.27. The highest BCUT2D eigenvalue weighted by atomic mass is 16.5. The molecule has 158 valence electrons. The lowest BCUT2D eigenvalue weighted by Gasteiger charge is -2.24. The highest BCUT2D eigenvalue weighted by Crippen LogP contribution is 2.25. The van der Waals surface area contributed by atoms with Crippen LogP contribution in [-0.2, 0) is 9.53 Å². The Kier molecular flexibility index (Phi) is 12.8. The van der Waals surface area contributed by atoms with Gasteiger partial charge >= 0.3 is 0 Å². The van der Waals surface area contributed by atoms with Crippen LogP contribution in [0.25, 0.3) is 0 Å². The molecule has 27 heavy (non-hydrogen) atoms. The molecule has 0 unspecified atom stereocenters. The predicted octanol–water partition coefficient (Wildman–Crippen LogP) is 5.82. The average molecular weight is 381 g/mol. The van der Waals surface area contributed by atoms with Crippen molar-refractivity contribution in [1.29, 1.82) is 0 Å². The normalized spacial score (nSPS) is 18.3. The molecule has 0 saturated carbocycles. The lowest BCUT2D eigenvalue weighted by atomic mass is 9.85. The number of hydrogen-bond acceptors (Lipinski definition) is 3. The van der Waals surface area contributed by atoms with Crippen LogP contribution in [0.4, 0.5) is 0 Å². The molecule has 5 atom stereocenters. The van der Waals surface area contributed by atoms with Crippen LogP contribution >= 0.6 is 0 Å². The second kappa shape index (κ2) is 13.3. The number of carbonyl (C=O) groups excluding carboxylic acids is 1. The molecule has 0 spiro atoms. The van der Waals surface area contributed by atoms with Crippen LogP contribution in [-0.4, -0.2) is 30.2 Å². The summed E-state index contributed by atoms with van der Waals surface area (Å²) < 4.78 is 5.59. The largest absolute Gasteiger partial charge is 0.392 e. The Morgan fingerprint density at radius 2 is 1.67 bits per heavy atom. The number of aliphatic hydroxyl groups is 1. The van der Waals surface area contributed by atoms with Gasteiger partial charge in [-0.2, -0.15) is 0 Å². The smallest absolute Gasteiger partial charge is 0.142 e. The molecule has 0 amide bonds. The Morgan fingerprint density at radius 1 is 1.07 bits per heavy atom. The van der Waals surface area contributed by atoms with E-state index in [1.165, 1.54) is 5.57 Å². The topological polar surface area (TPSA) is 46.5 Å². The summed E-state index contributed by atoms with van der Waals surface area (Å²) >= 11 is 0. The van der Waals surface area contributed by atoms with Gasteiger partial charge < -0.3 is 9.84 Å². The van der Waals surface area contributed by atoms with Gasteiger partial charge in [0.15, 0.2) is 0 Å². The van der Waals surface area contributed by atoms with E-state index in [1.807, 2.05) is 6.92 Å². The summed E-state index contributed by atoms with van der Waals surface area (Å²) in [4.78, 5) is 12.7. The maximum absolute atomic E-state index is 12.7. The van der Waals surface area contributed by atoms with E-state index in [2.05, 4.69) is 54.2 Å². The summed E-state index contributed by atoms with van der Waals surface area (Å²) in [7, 11) is 1.78. The molecule has 0 bridgehead atoms. The minimum absolute atomic E-state index is 0.110. The summed E-state index contributed by atoms with van der Waals surface area (Å²) in [5.41, 5.74) is 1.23. The van der Waals surface area contributed by atoms with Crippen molar-refractivity contribution < 1.29 is 14.6 Å². The van der Waals surface area contributed by atoms with Crippen LogP contribution in [0.1, 0.15) is 74.1 Å². The zero-order valence-corrected chi connectivity index (χ0v) is 19.0. The third-order valence-corrected chi connectivity index (χ3v) is 5.74. The van der Waals surface area contributed by atoms with Gasteiger partial charge in [0.2, 0.25) is 0 Å². The minimum Gasteiger partial charge on any atom is -0.392 e. The standard InChI is InChI=1S/C24H44O3/c1-10-11-21(23(26)15-22(25)20(8)16(2)3)13-18(6)12-19(7)14-24(27-9)17(4)5/h10,13,16-17,19-22,24-25H,1,11-12,14-15H2,2-9H3/b18-13+/t19-,20-,21+,22-,24-/m0/s1. The number of aliphatic hydroxyl groups excluding tert-OH is 1. The lowest BCUT2D eigenvalue weighted by molar-refractivity contribution is -0.124. The molecule has 0 aliphatic rings. The number of carbonyl (C=O) groups is 1. The fraction of sp³-hybridized carbons (Fsp3) is 0.792. The van der Waals surface area contributed by atoms with Crippen molar-refractivity contribution in [3.8, 4) is 0 Å². The molecule has 3 heteroatoms. The van der Waals surface area contributed by atoms with Crippen LogP contribution < -0.4 is 0 Å². The predicted molar refractivity (Wildman–Crippen MR) is 116 cm³/mol. The molecule has 0 aliphatic carbocycles. The molecule has 0 aromatic heterocycles. The van der Waals surface area contributed by atoms with Gasteiger partial charge in [-0.25, -0.2) is 0 Å². The third-order valence-electron chi connectivity index (χ3n) is 5.74. The quantitative estimate of drug-likeness (QED) is 0.386. The van der Waals surface area contributed by atoms with E-state index in [0.29, 0.717) is 24.2 Å². The van der Waals surface area contributed by atoms with Gasteiger partial charge in [0, 0.05) is 19.4 Å². The summed E-state index contributed by atoms with van der Waals surface area (Å²) in [6, 6.07) is 0. The number of Topliss-reactive ketones (excluding diaryl/α,β-unsaturated/α-hetero) is 1. The molecular weight excluding hydrogens is 336 g/mol. The monoisotopic (exact) mass is 380 g/mol. The maximum atomic E-state index is 12.7. The van der Waals surface area contributed by atoms with Gasteiger partial charge in [0.05, 0.1) is 12.2 Å². The number of ether oxygens (including phenoxy) is 1. The van der Waals surface area contributed by atoms with Crippen LogP contribution in [0.5, 0.6) is 0 Å². The van der Waals surface area contributed by atoms with E-state index in [-0.39, 0.29) is 30.1 Å². The first-order valence-electron chi connectivity index (χ1n) is 10.5. The molecule has 0 fully saturated rings. The van der Waals surface area contributed by atoms with Crippen LogP contribution in [0, 0.1) is 29.6 Å². The summed E-state index contributed by atoms with van der Waals surface area (Å²) in [5.74, 6) is 1.40. The van der Waals surface area contributed by atoms with E-state index in [4.69, 9.17) is 4.74 Å². The molecule has 0 saturated heterocycles. The van der Waals surface area contributed by atoms with E-state index >= 15 is 0 Å². The molecule has 3 nitrogen and oxygen atoms in total. The number of rotatable bonds is 14. The van der Waals surface area contributed by atoms with Crippen LogP contribution in [0.3, 0.4) is 0 Å². The van der Waals surface area contributed by atoms with Crippen molar-refractivity contribution in [2.45, 2.75) is 86.4 Å². The van der Waals surface area contributed by atoms with E-state index in [1.54, 1.807) is 13.2 Å². The summed E-state index contributed by atoms with van der Waals surface area (Å²) in [6.45, 7) is 18.7. The molecule has 1 N–H and O–H groups in total. The second-order valence-corrected chi connectivity index (χ2v) is 9.05. The Labute approximate surface area is 168 Å². The number of ketones is 1. The van der Waals surface area contributed by atoms with Crippen molar-refractivity contribution in [1.82, 2.24) is 0 Å². The van der Waals surface area contributed by atoms with Gasteiger partial charge in [-0.3, -0.25) is 4.79 Å². The number of hydrogen-bond donors (Lipinski definition) is 1. The Hall–Kier alpha value is -0.930. The first kappa shape index (κ1) is 26.1. The molecule has 0 radical (unpaired) electrons. The average Bonchev–Trinajstić information content (AvgIpc) is 2.57. The number of methoxy groups -OCH3 is 1. The first-order valence-corrected chi connectivity index (χ1v) is 10.5. The van der Waals surface area contributed by atoms with Gasteiger partial charge in [-0.1, -0.05) is 59.3 Å². The molecule has 0 aromatic rings. The van der Waals surface area contributed by atoms with E-state index < -0.39 is 6.10 Å². The highest BCUT2D eigenvalue weighted by Gasteiger charge is 2.24. The Balaban J connectivity index is 4.93. The SMILES string of the molecule is C=CC[C@H](/C=C(\C)C[C@H](C)C[C@H](OC)C(C)C)C(=O)C[C@H](O)[C@@H](C)C(C)C. The summed E-state index contributed by atoms with van der Waals surface area (Å²) in [5, 5.41) is 10.4. The van der Waals surface area contributed by atoms with Gasteiger partial charge in [-0.05, 0) is 49.9 Å². The molecule has 0 aliphatic heterocycles. The van der Waals surface area contributed by atoms with Crippen molar-refractivity contribution in [3.63, 3.8) is 0 Å². The minimum atomic E-state index is -0.578. The molecular formula is C24H44O3. The second-order valence-electron chi connectivity index (χ2n) is 9.05.